The number of benzene rings is 1. The van der Waals surface area contributed by atoms with Gasteiger partial charge in [0.05, 0.1) is 12.2 Å². The first-order chi connectivity index (χ1) is 9.19. The van der Waals surface area contributed by atoms with Gasteiger partial charge in [0, 0.05) is 5.56 Å². The molecule has 0 saturated carbocycles. The molecule has 0 aliphatic heterocycles. The Kier molecular flexibility index (Phi) is 3.57. The highest BCUT2D eigenvalue weighted by molar-refractivity contribution is 5.94. The summed E-state index contributed by atoms with van der Waals surface area (Å²) in [6, 6.07) is 4.29. The number of halogens is 1. The van der Waals surface area contributed by atoms with Crippen LogP contribution >= 0.6 is 0 Å². The second-order valence-electron chi connectivity index (χ2n) is 3.55. The molecule has 2 aromatic rings. The Balaban J connectivity index is 2.56. The minimum Gasteiger partial charge on any atom is -0.461 e. The van der Waals surface area contributed by atoms with Gasteiger partial charge in [-0.3, -0.25) is 0 Å². The van der Waals surface area contributed by atoms with E-state index < -0.39 is 11.8 Å². The first-order valence-electron chi connectivity index (χ1n) is 5.52. The van der Waals surface area contributed by atoms with E-state index in [-0.39, 0.29) is 23.6 Å². The van der Waals surface area contributed by atoms with Crippen molar-refractivity contribution in [3.63, 3.8) is 0 Å². The molecule has 1 heterocycles. The van der Waals surface area contributed by atoms with Crippen molar-refractivity contribution >= 4 is 5.97 Å². The molecule has 0 aliphatic rings. The monoisotopic (exact) mass is 259 g/mol. The third kappa shape index (κ3) is 2.31. The van der Waals surface area contributed by atoms with Crippen LogP contribution in [0.3, 0.4) is 0 Å². The standard InChI is InChI=1S/C13H10FN3O2/c1-3-8-9(6-5-7-10(8)14)11-12(16-17-15-11)13(18)19-4-2/h1,5-7H,4H2,2H3,(H,15,16,17). The fraction of sp³-hybridized carbons (Fsp3) is 0.154. The number of carbonyl (C=O) groups excluding carboxylic acids is 1. The van der Waals surface area contributed by atoms with Crippen LogP contribution in [0.4, 0.5) is 4.39 Å². The molecule has 0 radical (unpaired) electrons. The predicted molar refractivity (Wildman–Crippen MR) is 65.7 cm³/mol. The van der Waals surface area contributed by atoms with Crippen molar-refractivity contribution < 1.29 is 13.9 Å². The van der Waals surface area contributed by atoms with Crippen molar-refractivity contribution in [2.75, 3.05) is 6.61 Å². The molecule has 5 nitrogen and oxygen atoms in total. The van der Waals surface area contributed by atoms with Gasteiger partial charge in [0.15, 0.2) is 5.69 Å². The lowest BCUT2D eigenvalue weighted by Gasteiger charge is -2.04. The van der Waals surface area contributed by atoms with E-state index in [1.807, 2.05) is 0 Å². The molecule has 6 heteroatoms. The Morgan fingerprint density at radius 3 is 3.00 bits per heavy atom. The normalized spacial score (nSPS) is 9.95. The molecule has 0 unspecified atom stereocenters. The first kappa shape index (κ1) is 12.8. The molecule has 0 spiro atoms. The Hall–Kier alpha value is -2.68. The maximum atomic E-state index is 13.6. The number of ether oxygens (including phenoxy) is 1. The predicted octanol–water partition coefficient (Wildman–Crippen LogP) is 1.77. The largest absolute Gasteiger partial charge is 0.461 e. The van der Waals surface area contributed by atoms with E-state index >= 15 is 0 Å². The van der Waals surface area contributed by atoms with Crippen LogP contribution < -0.4 is 0 Å². The van der Waals surface area contributed by atoms with Crippen molar-refractivity contribution in [2.45, 2.75) is 6.92 Å². The topological polar surface area (TPSA) is 67.9 Å². The number of hydrogen-bond acceptors (Lipinski definition) is 4. The molecular formula is C13H10FN3O2. The number of esters is 1. The fourth-order valence-corrected chi connectivity index (χ4v) is 1.63. The summed E-state index contributed by atoms with van der Waals surface area (Å²) in [6.07, 6.45) is 5.28. The maximum absolute atomic E-state index is 13.6. The highest BCUT2D eigenvalue weighted by Gasteiger charge is 2.21. The Labute approximate surface area is 108 Å². The lowest BCUT2D eigenvalue weighted by Crippen LogP contribution is -2.07. The highest BCUT2D eigenvalue weighted by Crippen LogP contribution is 2.25. The summed E-state index contributed by atoms with van der Waals surface area (Å²) in [4.78, 5) is 11.7. The molecule has 0 bridgehead atoms. The number of nitrogens with one attached hydrogen (secondary N) is 1. The molecule has 19 heavy (non-hydrogen) atoms. The van der Waals surface area contributed by atoms with Gasteiger partial charge in [-0.1, -0.05) is 18.1 Å². The first-order valence-corrected chi connectivity index (χ1v) is 5.52. The van der Waals surface area contributed by atoms with Gasteiger partial charge in [0.1, 0.15) is 11.5 Å². The summed E-state index contributed by atoms with van der Waals surface area (Å²) in [5, 5.41) is 9.87. The van der Waals surface area contributed by atoms with Crippen LogP contribution in [0.15, 0.2) is 18.2 Å². The van der Waals surface area contributed by atoms with Crippen LogP contribution in [0, 0.1) is 18.2 Å². The molecule has 1 aromatic carbocycles. The van der Waals surface area contributed by atoms with Crippen LogP contribution in [0.1, 0.15) is 23.0 Å². The number of rotatable bonds is 3. The van der Waals surface area contributed by atoms with E-state index in [2.05, 4.69) is 21.3 Å². The zero-order valence-corrected chi connectivity index (χ0v) is 10.1. The van der Waals surface area contributed by atoms with Crippen LogP contribution in [0.2, 0.25) is 0 Å². The zero-order valence-electron chi connectivity index (χ0n) is 10.1. The van der Waals surface area contributed by atoms with E-state index in [1.165, 1.54) is 12.1 Å². The van der Waals surface area contributed by atoms with Crippen LogP contribution in [-0.4, -0.2) is 28.0 Å². The summed E-state index contributed by atoms with van der Waals surface area (Å²) in [6.45, 7) is 1.88. The minimum absolute atomic E-state index is 0.0241. The summed E-state index contributed by atoms with van der Waals surface area (Å²) in [5.74, 6) is 1.04. The van der Waals surface area contributed by atoms with Gasteiger partial charge in [-0.05, 0) is 13.0 Å². The van der Waals surface area contributed by atoms with Crippen molar-refractivity contribution in [3.8, 4) is 23.6 Å². The molecule has 0 amide bonds. The molecule has 1 aromatic heterocycles. The molecule has 0 atom stereocenters. The van der Waals surface area contributed by atoms with Gasteiger partial charge >= 0.3 is 5.97 Å². The number of nitrogens with zero attached hydrogens (tertiary/aromatic N) is 2. The van der Waals surface area contributed by atoms with E-state index in [0.717, 1.165) is 0 Å². The summed E-state index contributed by atoms with van der Waals surface area (Å²) in [7, 11) is 0. The van der Waals surface area contributed by atoms with Crippen LogP contribution in [0.25, 0.3) is 11.3 Å². The van der Waals surface area contributed by atoms with Gasteiger partial charge < -0.3 is 4.74 Å². The number of aromatic amines is 1. The number of hydrogen-bond donors (Lipinski definition) is 1. The lowest BCUT2D eigenvalue weighted by atomic mass is 10.0. The Morgan fingerprint density at radius 2 is 2.32 bits per heavy atom. The average molecular weight is 259 g/mol. The number of aromatic nitrogens is 3. The third-order valence-electron chi connectivity index (χ3n) is 2.43. The Morgan fingerprint density at radius 1 is 1.53 bits per heavy atom. The van der Waals surface area contributed by atoms with Gasteiger partial charge in [-0.15, -0.1) is 11.5 Å². The quantitative estimate of drug-likeness (QED) is 0.673. The number of H-pyrrole nitrogens is 1. The summed E-state index contributed by atoms with van der Waals surface area (Å²) < 4.78 is 18.5. The summed E-state index contributed by atoms with van der Waals surface area (Å²) >= 11 is 0. The number of terminal acetylenes is 1. The maximum Gasteiger partial charge on any atom is 0.361 e. The van der Waals surface area contributed by atoms with Gasteiger partial charge in [0.25, 0.3) is 0 Å². The van der Waals surface area contributed by atoms with Gasteiger partial charge in [-0.25, -0.2) is 9.18 Å². The molecule has 96 valence electrons. The second kappa shape index (κ2) is 5.31. The molecule has 0 saturated heterocycles. The average Bonchev–Trinajstić information content (AvgIpc) is 2.87. The van der Waals surface area contributed by atoms with Gasteiger partial charge in [-0.2, -0.15) is 10.3 Å². The van der Waals surface area contributed by atoms with Crippen LogP contribution in [0.5, 0.6) is 0 Å². The number of carbonyl (C=O) groups is 1. The molecule has 0 fully saturated rings. The zero-order chi connectivity index (χ0) is 13.8. The fourth-order valence-electron chi connectivity index (χ4n) is 1.63. The van der Waals surface area contributed by atoms with Gasteiger partial charge in [0.2, 0.25) is 0 Å². The summed E-state index contributed by atoms with van der Waals surface area (Å²) in [5.41, 5.74) is 0.496. The van der Waals surface area contributed by atoms with Crippen molar-refractivity contribution in [2.24, 2.45) is 0 Å². The SMILES string of the molecule is C#Cc1c(F)cccc1-c1n[nH]nc1C(=O)OCC. The smallest absolute Gasteiger partial charge is 0.361 e. The molecule has 0 aliphatic carbocycles. The van der Waals surface area contributed by atoms with E-state index in [9.17, 15) is 9.18 Å². The Bertz CT molecular complexity index is 658. The molecule has 2 rings (SSSR count). The van der Waals surface area contributed by atoms with E-state index in [0.29, 0.717) is 5.56 Å². The van der Waals surface area contributed by atoms with Crippen molar-refractivity contribution in [1.82, 2.24) is 15.4 Å². The highest BCUT2D eigenvalue weighted by atomic mass is 19.1. The molecule has 1 N–H and O–H groups in total. The minimum atomic E-state index is -0.640. The van der Waals surface area contributed by atoms with E-state index in [4.69, 9.17) is 11.2 Å². The van der Waals surface area contributed by atoms with Crippen molar-refractivity contribution in [3.05, 3.63) is 35.3 Å². The molecular weight excluding hydrogens is 249 g/mol. The second-order valence-corrected chi connectivity index (χ2v) is 3.55. The third-order valence-corrected chi connectivity index (χ3v) is 2.43. The lowest BCUT2D eigenvalue weighted by molar-refractivity contribution is 0.0520. The van der Waals surface area contributed by atoms with Crippen molar-refractivity contribution in [1.29, 1.82) is 0 Å². The van der Waals surface area contributed by atoms with Crippen LogP contribution in [-0.2, 0) is 4.74 Å². The van der Waals surface area contributed by atoms with E-state index in [1.54, 1.807) is 13.0 Å².